The van der Waals surface area contributed by atoms with Crippen molar-refractivity contribution in [3.05, 3.63) is 0 Å². The highest BCUT2D eigenvalue weighted by Crippen LogP contribution is 2.18. The number of carbonyl (C=O) groups excluding carboxylic acids is 2. The lowest BCUT2D eigenvalue weighted by Gasteiger charge is -2.22. The first-order valence-corrected chi connectivity index (χ1v) is 8.08. The van der Waals surface area contributed by atoms with Crippen LogP contribution in [0.25, 0.3) is 0 Å². The van der Waals surface area contributed by atoms with E-state index in [0.29, 0.717) is 19.4 Å². The van der Waals surface area contributed by atoms with E-state index in [0.717, 1.165) is 6.42 Å². The molecule has 0 saturated carbocycles. The topological polar surface area (TPSA) is 111 Å². The summed E-state index contributed by atoms with van der Waals surface area (Å²) in [6.07, 6.45) is -0.418. The fourth-order valence-electron chi connectivity index (χ4n) is 2.11. The Morgan fingerprint density at radius 3 is 2.25 bits per heavy atom. The van der Waals surface area contributed by atoms with Crippen molar-refractivity contribution in [3.8, 4) is 0 Å². The maximum atomic E-state index is 11.8. The van der Waals surface area contributed by atoms with Crippen molar-refractivity contribution in [2.75, 3.05) is 13.7 Å². The summed E-state index contributed by atoms with van der Waals surface area (Å²) in [7, 11) is 1.41. The van der Waals surface area contributed by atoms with Gasteiger partial charge in [0.1, 0.15) is 6.10 Å². The molecule has 0 bridgehead atoms. The molecule has 0 aliphatic carbocycles. The van der Waals surface area contributed by atoms with E-state index < -0.39 is 36.3 Å². The van der Waals surface area contributed by atoms with Crippen molar-refractivity contribution in [1.82, 2.24) is 5.32 Å². The van der Waals surface area contributed by atoms with Crippen LogP contribution in [0.15, 0.2) is 0 Å². The Hall–Kier alpha value is -1.83. The standard InChI is InChI=1S/C16H29NO7/c1-6-13(9-10(2)14(19)20)7-8-17-16(21)24-15(11(3)22-5)23-12(4)18/h10-11,13,15H,6-9H2,1-5H3,(H,17,21)(H,19,20)/t10-,11?,13?,15+/m0/s1. The number of alkyl carbamates (subject to hydrolysis) is 1. The molecule has 0 aromatic carbocycles. The molecule has 24 heavy (non-hydrogen) atoms. The number of hydrogen-bond acceptors (Lipinski definition) is 6. The molecule has 0 radical (unpaired) electrons. The second kappa shape index (κ2) is 11.7. The maximum Gasteiger partial charge on any atom is 0.410 e. The van der Waals surface area contributed by atoms with Crippen molar-refractivity contribution in [3.63, 3.8) is 0 Å². The highest BCUT2D eigenvalue weighted by atomic mass is 16.7. The molecule has 0 spiro atoms. The van der Waals surface area contributed by atoms with Crippen molar-refractivity contribution < 1.29 is 33.7 Å². The Morgan fingerprint density at radius 2 is 1.79 bits per heavy atom. The van der Waals surface area contributed by atoms with Crippen molar-refractivity contribution >= 4 is 18.0 Å². The lowest BCUT2D eigenvalue weighted by molar-refractivity contribution is -0.185. The first kappa shape index (κ1) is 22.2. The summed E-state index contributed by atoms with van der Waals surface area (Å²) >= 11 is 0. The minimum Gasteiger partial charge on any atom is -0.481 e. The molecule has 2 N–H and O–H groups in total. The van der Waals surface area contributed by atoms with Crippen LogP contribution in [0.5, 0.6) is 0 Å². The third-order valence-electron chi connectivity index (χ3n) is 3.77. The molecule has 140 valence electrons. The zero-order valence-corrected chi connectivity index (χ0v) is 15.0. The second-order valence-corrected chi connectivity index (χ2v) is 5.79. The first-order chi connectivity index (χ1) is 11.2. The molecule has 2 unspecified atom stereocenters. The van der Waals surface area contributed by atoms with E-state index in [2.05, 4.69) is 5.32 Å². The number of esters is 1. The summed E-state index contributed by atoms with van der Waals surface area (Å²) < 4.78 is 14.9. The fourth-order valence-corrected chi connectivity index (χ4v) is 2.11. The van der Waals surface area contributed by atoms with Crippen LogP contribution in [0, 0.1) is 11.8 Å². The molecular formula is C16H29NO7. The van der Waals surface area contributed by atoms with Gasteiger partial charge in [-0.25, -0.2) is 4.79 Å². The van der Waals surface area contributed by atoms with Crippen LogP contribution < -0.4 is 5.32 Å². The van der Waals surface area contributed by atoms with E-state index in [1.54, 1.807) is 13.8 Å². The second-order valence-electron chi connectivity index (χ2n) is 5.79. The summed E-state index contributed by atoms with van der Waals surface area (Å²) in [4.78, 5) is 33.7. The van der Waals surface area contributed by atoms with E-state index in [1.807, 2.05) is 6.92 Å². The zero-order chi connectivity index (χ0) is 18.7. The molecule has 1 amide bonds. The predicted molar refractivity (Wildman–Crippen MR) is 86.3 cm³/mol. The lowest BCUT2D eigenvalue weighted by Crippen LogP contribution is -2.38. The molecule has 8 nitrogen and oxygen atoms in total. The van der Waals surface area contributed by atoms with Gasteiger partial charge in [-0.3, -0.25) is 9.59 Å². The molecule has 0 aromatic rings. The van der Waals surface area contributed by atoms with E-state index >= 15 is 0 Å². The Morgan fingerprint density at radius 1 is 1.17 bits per heavy atom. The molecule has 4 atom stereocenters. The molecule has 0 heterocycles. The summed E-state index contributed by atoms with van der Waals surface area (Å²) in [6, 6.07) is 0. The van der Waals surface area contributed by atoms with E-state index in [4.69, 9.17) is 19.3 Å². The number of hydrogen-bond donors (Lipinski definition) is 2. The van der Waals surface area contributed by atoms with Crippen LogP contribution in [0.2, 0.25) is 0 Å². The number of carbonyl (C=O) groups is 3. The van der Waals surface area contributed by atoms with Gasteiger partial charge in [0.15, 0.2) is 0 Å². The maximum absolute atomic E-state index is 11.8. The van der Waals surface area contributed by atoms with Gasteiger partial charge in [-0.2, -0.15) is 0 Å². The van der Waals surface area contributed by atoms with Crippen LogP contribution in [-0.2, 0) is 23.8 Å². The molecule has 0 rings (SSSR count). The Kier molecular flexibility index (Phi) is 10.8. The SMILES string of the molecule is CCC(CCNC(=O)O[C@@H](OC(C)=O)C(C)OC)C[C@H](C)C(=O)O. The van der Waals surface area contributed by atoms with Crippen LogP contribution in [-0.4, -0.2) is 49.2 Å². The lowest BCUT2D eigenvalue weighted by atomic mass is 9.91. The Balaban J connectivity index is 4.30. The molecule has 8 heteroatoms. The highest BCUT2D eigenvalue weighted by Gasteiger charge is 2.24. The van der Waals surface area contributed by atoms with Gasteiger partial charge in [0, 0.05) is 20.6 Å². The smallest absolute Gasteiger partial charge is 0.410 e. The minimum absolute atomic E-state index is 0.193. The Labute approximate surface area is 142 Å². The van der Waals surface area contributed by atoms with Crippen LogP contribution in [0.4, 0.5) is 4.79 Å². The van der Waals surface area contributed by atoms with Gasteiger partial charge >= 0.3 is 18.0 Å². The van der Waals surface area contributed by atoms with E-state index in [9.17, 15) is 14.4 Å². The van der Waals surface area contributed by atoms with Gasteiger partial charge in [-0.05, 0) is 25.7 Å². The normalized spacial score (nSPS) is 15.7. The molecule has 0 fully saturated rings. The monoisotopic (exact) mass is 347 g/mol. The number of aliphatic carboxylic acids is 1. The van der Waals surface area contributed by atoms with Crippen LogP contribution in [0.3, 0.4) is 0 Å². The number of rotatable bonds is 11. The number of carboxylic acid groups (broad SMARTS) is 1. The number of amides is 1. The average Bonchev–Trinajstić information content (AvgIpc) is 2.51. The van der Waals surface area contributed by atoms with Crippen molar-refractivity contribution in [2.24, 2.45) is 11.8 Å². The van der Waals surface area contributed by atoms with Gasteiger partial charge < -0.3 is 24.6 Å². The molecular weight excluding hydrogens is 318 g/mol. The van der Waals surface area contributed by atoms with Gasteiger partial charge in [-0.15, -0.1) is 0 Å². The third kappa shape index (κ3) is 9.34. The predicted octanol–water partition coefficient (Wildman–Crippen LogP) is 2.16. The van der Waals surface area contributed by atoms with E-state index in [1.165, 1.54) is 14.0 Å². The number of ether oxygens (including phenoxy) is 3. The number of carboxylic acids is 1. The van der Waals surface area contributed by atoms with Crippen LogP contribution in [0.1, 0.15) is 47.0 Å². The molecule has 0 aliphatic rings. The van der Waals surface area contributed by atoms with Gasteiger partial charge in [0.2, 0.25) is 0 Å². The minimum atomic E-state index is -1.12. The summed E-state index contributed by atoms with van der Waals surface area (Å²) in [5.41, 5.74) is 0. The van der Waals surface area contributed by atoms with E-state index in [-0.39, 0.29) is 5.92 Å². The third-order valence-corrected chi connectivity index (χ3v) is 3.77. The molecule has 0 aliphatic heterocycles. The first-order valence-electron chi connectivity index (χ1n) is 8.08. The quantitative estimate of drug-likeness (QED) is 0.435. The largest absolute Gasteiger partial charge is 0.481 e. The summed E-state index contributed by atoms with van der Waals surface area (Å²) in [5.74, 6) is -1.62. The van der Waals surface area contributed by atoms with Crippen molar-refractivity contribution in [1.29, 1.82) is 0 Å². The van der Waals surface area contributed by atoms with Gasteiger partial charge in [0.05, 0.1) is 5.92 Å². The van der Waals surface area contributed by atoms with Gasteiger partial charge in [0.25, 0.3) is 6.29 Å². The van der Waals surface area contributed by atoms with Crippen molar-refractivity contribution in [2.45, 2.75) is 59.4 Å². The molecule has 0 aromatic heterocycles. The fraction of sp³-hybridized carbons (Fsp3) is 0.812. The molecule has 0 saturated heterocycles. The Bertz CT molecular complexity index is 413. The zero-order valence-electron chi connectivity index (χ0n) is 15.0. The highest BCUT2D eigenvalue weighted by molar-refractivity contribution is 5.69. The number of nitrogens with one attached hydrogen (secondary N) is 1. The summed E-state index contributed by atoms with van der Waals surface area (Å²) in [5, 5.41) is 11.5. The van der Waals surface area contributed by atoms with Gasteiger partial charge in [-0.1, -0.05) is 20.3 Å². The summed E-state index contributed by atoms with van der Waals surface area (Å²) in [6.45, 7) is 6.82. The average molecular weight is 347 g/mol. The number of methoxy groups -OCH3 is 1. The van der Waals surface area contributed by atoms with Crippen LogP contribution >= 0.6 is 0 Å².